The second-order valence-electron chi connectivity index (χ2n) is 8.44. The maximum Gasteiger partial charge on any atom is 0.289 e. The summed E-state index contributed by atoms with van der Waals surface area (Å²) in [5, 5.41) is 3.50. The Kier molecular flexibility index (Phi) is 5.59. The predicted octanol–water partition coefficient (Wildman–Crippen LogP) is 2.25. The molecule has 1 aromatic heterocycles. The quantitative estimate of drug-likeness (QED) is 0.726. The number of sulfonamides is 1. The minimum absolute atomic E-state index is 0.0257. The van der Waals surface area contributed by atoms with Crippen molar-refractivity contribution in [3.63, 3.8) is 0 Å². The number of hydrogen-bond donors (Lipinski definition) is 2. The first-order chi connectivity index (χ1) is 14.2. The molecule has 1 aliphatic carbocycles. The van der Waals surface area contributed by atoms with Crippen LogP contribution in [0.4, 0.5) is 0 Å². The van der Waals surface area contributed by atoms with Gasteiger partial charge in [-0.05, 0) is 63.8 Å². The maximum atomic E-state index is 12.9. The Labute approximate surface area is 176 Å². The highest BCUT2D eigenvalue weighted by atomic mass is 32.2. The van der Waals surface area contributed by atoms with Crippen LogP contribution in [0.15, 0.2) is 33.6 Å². The molecule has 4 rings (SSSR count). The number of rotatable bonds is 6. The molecular formula is C21H27N3O5S. The van der Waals surface area contributed by atoms with Crippen molar-refractivity contribution in [2.24, 2.45) is 5.92 Å². The standard InChI is InChI=1S/C21H27N3O5S/c1-13(2)22-20(25)14-7-9-24(10-8-14)21(26)19-12-15-11-17(5-6-18(15)29-19)30(27,28)23-16-3-4-16/h5-6,11-14,16,23H,3-4,7-10H2,1-2H3,(H,22,25). The lowest BCUT2D eigenvalue weighted by Crippen LogP contribution is -2.44. The van der Waals surface area contributed by atoms with Gasteiger partial charge >= 0.3 is 0 Å². The van der Waals surface area contributed by atoms with Crippen molar-refractivity contribution in [1.29, 1.82) is 0 Å². The van der Waals surface area contributed by atoms with Crippen LogP contribution in [0.3, 0.4) is 0 Å². The Morgan fingerprint density at radius 2 is 1.80 bits per heavy atom. The summed E-state index contributed by atoms with van der Waals surface area (Å²) in [4.78, 5) is 26.9. The molecule has 30 heavy (non-hydrogen) atoms. The number of hydrogen-bond acceptors (Lipinski definition) is 5. The first-order valence-electron chi connectivity index (χ1n) is 10.4. The number of furan rings is 1. The van der Waals surface area contributed by atoms with Gasteiger partial charge in [0.15, 0.2) is 5.76 Å². The van der Waals surface area contributed by atoms with Gasteiger partial charge in [0.2, 0.25) is 15.9 Å². The van der Waals surface area contributed by atoms with E-state index < -0.39 is 10.0 Å². The molecule has 8 nitrogen and oxygen atoms in total. The number of likely N-dealkylation sites (tertiary alicyclic amines) is 1. The van der Waals surface area contributed by atoms with E-state index in [9.17, 15) is 18.0 Å². The van der Waals surface area contributed by atoms with Crippen molar-refractivity contribution in [2.75, 3.05) is 13.1 Å². The topological polar surface area (TPSA) is 109 Å². The van der Waals surface area contributed by atoms with Gasteiger partial charge < -0.3 is 14.6 Å². The Balaban J connectivity index is 1.44. The number of carbonyl (C=O) groups excluding carboxylic acids is 2. The van der Waals surface area contributed by atoms with E-state index in [0.29, 0.717) is 36.9 Å². The summed E-state index contributed by atoms with van der Waals surface area (Å²) in [7, 11) is -3.57. The van der Waals surface area contributed by atoms with Gasteiger partial charge in [-0.15, -0.1) is 0 Å². The van der Waals surface area contributed by atoms with Gasteiger partial charge in [-0.25, -0.2) is 13.1 Å². The second-order valence-corrected chi connectivity index (χ2v) is 10.1. The molecule has 162 valence electrons. The zero-order chi connectivity index (χ0) is 21.5. The summed E-state index contributed by atoms with van der Waals surface area (Å²) in [6, 6.07) is 6.31. The van der Waals surface area contributed by atoms with Gasteiger partial charge in [0.25, 0.3) is 5.91 Å². The van der Waals surface area contributed by atoms with Gasteiger partial charge in [0.1, 0.15) is 5.58 Å². The largest absolute Gasteiger partial charge is 0.451 e. The summed E-state index contributed by atoms with van der Waals surface area (Å²) in [5.74, 6) is -0.109. The van der Waals surface area contributed by atoms with Crippen LogP contribution in [0.2, 0.25) is 0 Å². The molecule has 2 aromatic rings. The van der Waals surface area contributed by atoms with Crippen LogP contribution in [-0.2, 0) is 14.8 Å². The minimum Gasteiger partial charge on any atom is -0.451 e. The van der Waals surface area contributed by atoms with E-state index in [1.54, 1.807) is 17.0 Å². The summed E-state index contributed by atoms with van der Waals surface area (Å²) >= 11 is 0. The highest BCUT2D eigenvalue weighted by Gasteiger charge is 2.30. The zero-order valence-corrected chi connectivity index (χ0v) is 18.0. The fourth-order valence-corrected chi connectivity index (χ4v) is 5.03. The molecule has 0 bridgehead atoms. The Hall–Kier alpha value is -2.39. The molecule has 2 heterocycles. The molecule has 0 spiro atoms. The lowest BCUT2D eigenvalue weighted by Gasteiger charge is -2.31. The SMILES string of the molecule is CC(C)NC(=O)C1CCN(C(=O)c2cc3cc(S(=O)(=O)NC4CC4)ccc3o2)CC1. The molecule has 1 aliphatic heterocycles. The van der Waals surface area contributed by atoms with E-state index in [1.807, 2.05) is 13.8 Å². The number of nitrogens with zero attached hydrogens (tertiary/aromatic N) is 1. The lowest BCUT2D eigenvalue weighted by atomic mass is 9.95. The number of fused-ring (bicyclic) bond motifs is 1. The average molecular weight is 434 g/mol. The van der Waals surface area contributed by atoms with Crippen molar-refractivity contribution in [1.82, 2.24) is 14.9 Å². The molecule has 9 heteroatoms. The Morgan fingerprint density at radius 3 is 2.43 bits per heavy atom. The number of piperidine rings is 1. The number of benzene rings is 1. The first kappa shape index (κ1) is 20.9. The summed E-state index contributed by atoms with van der Waals surface area (Å²) < 4.78 is 33.2. The molecule has 2 N–H and O–H groups in total. The molecule has 1 saturated carbocycles. The predicted molar refractivity (Wildman–Crippen MR) is 111 cm³/mol. The van der Waals surface area contributed by atoms with Crippen LogP contribution in [0.25, 0.3) is 11.0 Å². The minimum atomic E-state index is -3.57. The van der Waals surface area contributed by atoms with Crippen molar-refractivity contribution >= 4 is 32.8 Å². The van der Waals surface area contributed by atoms with Gasteiger partial charge in [0, 0.05) is 36.5 Å². The third kappa shape index (κ3) is 4.52. The van der Waals surface area contributed by atoms with Gasteiger partial charge in [0.05, 0.1) is 4.90 Å². The summed E-state index contributed by atoms with van der Waals surface area (Å²) in [6.07, 6.45) is 2.95. The molecule has 0 atom stereocenters. The normalized spacial score (nSPS) is 18.2. The first-order valence-corrected chi connectivity index (χ1v) is 11.9. The molecule has 2 fully saturated rings. The monoisotopic (exact) mass is 433 g/mol. The third-order valence-electron chi connectivity index (χ3n) is 5.49. The van der Waals surface area contributed by atoms with E-state index in [-0.39, 0.29) is 40.5 Å². The fourth-order valence-electron chi connectivity index (χ4n) is 3.69. The highest BCUT2D eigenvalue weighted by Crippen LogP contribution is 2.27. The average Bonchev–Trinajstić information content (AvgIpc) is 3.40. The lowest BCUT2D eigenvalue weighted by molar-refractivity contribution is -0.126. The van der Waals surface area contributed by atoms with Crippen LogP contribution >= 0.6 is 0 Å². The van der Waals surface area contributed by atoms with Crippen LogP contribution in [0.5, 0.6) is 0 Å². The molecule has 0 radical (unpaired) electrons. The van der Waals surface area contributed by atoms with E-state index >= 15 is 0 Å². The molecule has 2 amide bonds. The van der Waals surface area contributed by atoms with Gasteiger partial charge in [-0.1, -0.05) is 0 Å². The van der Waals surface area contributed by atoms with Crippen LogP contribution in [-0.4, -0.2) is 50.3 Å². The smallest absolute Gasteiger partial charge is 0.289 e. The Bertz CT molecular complexity index is 1060. The van der Waals surface area contributed by atoms with Crippen molar-refractivity contribution in [2.45, 2.75) is 56.5 Å². The van der Waals surface area contributed by atoms with E-state index in [1.165, 1.54) is 12.1 Å². The summed E-state index contributed by atoms with van der Waals surface area (Å²) in [6.45, 7) is 4.82. The van der Waals surface area contributed by atoms with Crippen molar-refractivity contribution in [3.8, 4) is 0 Å². The number of carbonyl (C=O) groups is 2. The molecule has 2 aliphatic rings. The van der Waals surface area contributed by atoms with E-state index in [2.05, 4.69) is 10.0 Å². The fraction of sp³-hybridized carbons (Fsp3) is 0.524. The van der Waals surface area contributed by atoms with Crippen LogP contribution in [0, 0.1) is 5.92 Å². The maximum absolute atomic E-state index is 12.9. The third-order valence-corrected chi connectivity index (χ3v) is 7.01. The van der Waals surface area contributed by atoms with Crippen LogP contribution < -0.4 is 10.0 Å². The number of amides is 2. The van der Waals surface area contributed by atoms with Crippen molar-refractivity contribution < 1.29 is 22.4 Å². The molecule has 0 unspecified atom stereocenters. The van der Waals surface area contributed by atoms with Gasteiger partial charge in [-0.3, -0.25) is 9.59 Å². The summed E-state index contributed by atoms with van der Waals surface area (Å²) in [5.41, 5.74) is 0.468. The molecular weight excluding hydrogens is 406 g/mol. The Morgan fingerprint density at radius 1 is 1.10 bits per heavy atom. The molecule has 1 saturated heterocycles. The zero-order valence-electron chi connectivity index (χ0n) is 17.2. The van der Waals surface area contributed by atoms with Crippen molar-refractivity contribution in [3.05, 3.63) is 30.0 Å². The van der Waals surface area contributed by atoms with Gasteiger partial charge in [-0.2, -0.15) is 0 Å². The van der Waals surface area contributed by atoms with E-state index in [4.69, 9.17) is 4.42 Å². The second kappa shape index (κ2) is 8.03. The molecule has 1 aromatic carbocycles. The van der Waals surface area contributed by atoms with Crippen LogP contribution in [0.1, 0.15) is 50.1 Å². The highest BCUT2D eigenvalue weighted by molar-refractivity contribution is 7.89. The van der Waals surface area contributed by atoms with E-state index in [0.717, 1.165) is 12.8 Å². The number of nitrogens with one attached hydrogen (secondary N) is 2.